The van der Waals surface area contributed by atoms with E-state index in [2.05, 4.69) is 15.5 Å². The number of amides is 1. The molecule has 0 spiro atoms. The molecule has 1 amide bonds. The van der Waals surface area contributed by atoms with Crippen LogP contribution < -0.4 is 10.6 Å². The molecular weight excluding hydrogens is 190 g/mol. The SMILES string of the molecule is CNC1CCN(C2CCCCNC2=O)C1. The van der Waals surface area contributed by atoms with E-state index in [9.17, 15) is 4.79 Å². The van der Waals surface area contributed by atoms with Gasteiger partial charge in [0.05, 0.1) is 6.04 Å². The average Bonchev–Trinajstić information content (AvgIpc) is 2.62. The molecule has 0 aromatic carbocycles. The second kappa shape index (κ2) is 4.94. The molecule has 2 atom stereocenters. The van der Waals surface area contributed by atoms with Gasteiger partial charge in [-0.3, -0.25) is 9.69 Å². The number of hydrogen-bond donors (Lipinski definition) is 2. The number of nitrogens with one attached hydrogen (secondary N) is 2. The highest BCUT2D eigenvalue weighted by molar-refractivity contribution is 5.81. The first kappa shape index (κ1) is 10.9. The summed E-state index contributed by atoms with van der Waals surface area (Å²) in [6, 6.07) is 0.701. The molecule has 86 valence electrons. The molecule has 2 saturated heterocycles. The lowest BCUT2D eigenvalue weighted by Gasteiger charge is -2.25. The highest BCUT2D eigenvalue weighted by atomic mass is 16.2. The first-order valence-corrected chi connectivity index (χ1v) is 6.00. The highest BCUT2D eigenvalue weighted by Gasteiger charge is 2.32. The first-order valence-electron chi connectivity index (χ1n) is 6.00. The van der Waals surface area contributed by atoms with E-state index in [1.807, 2.05) is 7.05 Å². The van der Waals surface area contributed by atoms with Crippen LogP contribution >= 0.6 is 0 Å². The van der Waals surface area contributed by atoms with Gasteiger partial charge in [-0.05, 0) is 32.7 Å². The molecule has 2 rings (SSSR count). The van der Waals surface area contributed by atoms with Gasteiger partial charge in [0.25, 0.3) is 0 Å². The molecule has 2 aliphatic rings. The van der Waals surface area contributed by atoms with Crippen LogP contribution in [0, 0.1) is 0 Å². The van der Waals surface area contributed by atoms with Crippen molar-refractivity contribution in [2.24, 2.45) is 0 Å². The summed E-state index contributed by atoms with van der Waals surface area (Å²) in [5.41, 5.74) is 0. The molecule has 4 heteroatoms. The summed E-state index contributed by atoms with van der Waals surface area (Å²) >= 11 is 0. The number of carbonyl (C=O) groups is 1. The Kier molecular flexibility index (Phi) is 3.59. The Balaban J connectivity index is 1.93. The predicted octanol–water partition coefficient (Wildman–Crippen LogP) is -0.0512. The summed E-state index contributed by atoms with van der Waals surface area (Å²) in [6.07, 6.45) is 4.50. The maximum absolute atomic E-state index is 11.8. The maximum Gasteiger partial charge on any atom is 0.237 e. The van der Waals surface area contributed by atoms with Crippen molar-refractivity contribution in [1.82, 2.24) is 15.5 Å². The second-order valence-corrected chi connectivity index (χ2v) is 4.57. The standard InChI is InChI=1S/C11H21N3O/c1-12-9-5-7-14(8-9)10-4-2-3-6-13-11(10)15/h9-10,12H,2-8H2,1H3,(H,13,15). The smallest absolute Gasteiger partial charge is 0.237 e. The molecular formula is C11H21N3O. The fraction of sp³-hybridized carbons (Fsp3) is 0.909. The normalized spacial score (nSPS) is 33.8. The van der Waals surface area contributed by atoms with Crippen LogP contribution in [-0.4, -0.2) is 49.6 Å². The lowest BCUT2D eigenvalue weighted by atomic mass is 10.1. The van der Waals surface area contributed by atoms with Gasteiger partial charge in [0.15, 0.2) is 0 Å². The van der Waals surface area contributed by atoms with E-state index in [1.54, 1.807) is 0 Å². The van der Waals surface area contributed by atoms with E-state index in [1.165, 1.54) is 12.8 Å². The zero-order valence-electron chi connectivity index (χ0n) is 9.46. The van der Waals surface area contributed by atoms with E-state index in [0.29, 0.717) is 6.04 Å². The zero-order chi connectivity index (χ0) is 10.7. The van der Waals surface area contributed by atoms with Gasteiger partial charge in [-0.2, -0.15) is 0 Å². The molecule has 0 bridgehead atoms. The predicted molar refractivity (Wildman–Crippen MR) is 59.7 cm³/mol. The van der Waals surface area contributed by atoms with Crippen molar-refractivity contribution in [3.8, 4) is 0 Å². The molecule has 0 radical (unpaired) electrons. The van der Waals surface area contributed by atoms with E-state index >= 15 is 0 Å². The van der Waals surface area contributed by atoms with Crippen LogP contribution in [0.2, 0.25) is 0 Å². The third-order valence-corrected chi connectivity index (χ3v) is 3.57. The monoisotopic (exact) mass is 211 g/mol. The molecule has 2 fully saturated rings. The van der Waals surface area contributed by atoms with Gasteiger partial charge in [-0.1, -0.05) is 0 Å². The Morgan fingerprint density at radius 2 is 2.27 bits per heavy atom. The van der Waals surface area contributed by atoms with E-state index in [4.69, 9.17) is 0 Å². The van der Waals surface area contributed by atoms with Crippen molar-refractivity contribution >= 4 is 5.91 Å². The number of carbonyl (C=O) groups excluding carboxylic acids is 1. The Labute approximate surface area is 91.4 Å². The van der Waals surface area contributed by atoms with Gasteiger partial charge >= 0.3 is 0 Å². The first-order chi connectivity index (χ1) is 7.31. The lowest BCUT2D eigenvalue weighted by Crippen LogP contribution is -2.45. The molecule has 2 aliphatic heterocycles. The van der Waals surface area contributed by atoms with Gasteiger partial charge in [-0.25, -0.2) is 0 Å². The highest BCUT2D eigenvalue weighted by Crippen LogP contribution is 2.18. The van der Waals surface area contributed by atoms with Gasteiger partial charge in [0, 0.05) is 25.7 Å². The van der Waals surface area contributed by atoms with Crippen LogP contribution in [0.15, 0.2) is 0 Å². The Morgan fingerprint density at radius 1 is 1.40 bits per heavy atom. The summed E-state index contributed by atoms with van der Waals surface area (Å²) in [5.74, 6) is 0.240. The van der Waals surface area contributed by atoms with Crippen LogP contribution in [-0.2, 0) is 4.79 Å². The van der Waals surface area contributed by atoms with Crippen molar-refractivity contribution in [2.75, 3.05) is 26.7 Å². The summed E-state index contributed by atoms with van der Waals surface area (Å²) in [5, 5.41) is 6.29. The Hall–Kier alpha value is -0.610. The van der Waals surface area contributed by atoms with Crippen LogP contribution in [0.5, 0.6) is 0 Å². The molecule has 2 N–H and O–H groups in total. The molecule has 0 saturated carbocycles. The topological polar surface area (TPSA) is 44.4 Å². The number of nitrogens with zero attached hydrogens (tertiary/aromatic N) is 1. The minimum atomic E-state index is 0.130. The molecule has 0 aromatic heterocycles. The largest absolute Gasteiger partial charge is 0.355 e. The molecule has 0 aromatic rings. The van der Waals surface area contributed by atoms with Crippen LogP contribution in [0.4, 0.5) is 0 Å². The summed E-state index contributed by atoms with van der Waals surface area (Å²) in [6.45, 7) is 2.94. The van der Waals surface area contributed by atoms with Crippen molar-refractivity contribution in [1.29, 1.82) is 0 Å². The average molecular weight is 211 g/mol. The molecule has 2 heterocycles. The summed E-state index contributed by atoms with van der Waals surface area (Å²) in [4.78, 5) is 14.2. The third kappa shape index (κ3) is 2.49. The summed E-state index contributed by atoms with van der Waals surface area (Å²) in [7, 11) is 2.00. The Morgan fingerprint density at radius 3 is 3.00 bits per heavy atom. The van der Waals surface area contributed by atoms with Crippen LogP contribution in [0.25, 0.3) is 0 Å². The van der Waals surface area contributed by atoms with Crippen molar-refractivity contribution in [3.05, 3.63) is 0 Å². The summed E-state index contributed by atoms with van der Waals surface area (Å²) < 4.78 is 0. The minimum Gasteiger partial charge on any atom is -0.355 e. The second-order valence-electron chi connectivity index (χ2n) is 4.57. The van der Waals surface area contributed by atoms with Crippen LogP contribution in [0.1, 0.15) is 25.7 Å². The minimum absolute atomic E-state index is 0.130. The number of rotatable bonds is 2. The van der Waals surface area contributed by atoms with Gasteiger partial charge in [-0.15, -0.1) is 0 Å². The van der Waals surface area contributed by atoms with E-state index in [0.717, 1.165) is 32.5 Å². The van der Waals surface area contributed by atoms with E-state index < -0.39 is 0 Å². The van der Waals surface area contributed by atoms with Gasteiger partial charge in [0.2, 0.25) is 5.91 Å². The lowest BCUT2D eigenvalue weighted by molar-refractivity contribution is -0.125. The van der Waals surface area contributed by atoms with Crippen molar-refractivity contribution < 1.29 is 4.79 Å². The maximum atomic E-state index is 11.8. The molecule has 0 aliphatic carbocycles. The van der Waals surface area contributed by atoms with E-state index in [-0.39, 0.29) is 11.9 Å². The fourth-order valence-corrected chi connectivity index (χ4v) is 2.58. The van der Waals surface area contributed by atoms with Gasteiger partial charge in [0.1, 0.15) is 0 Å². The Bertz CT molecular complexity index is 232. The fourth-order valence-electron chi connectivity index (χ4n) is 2.58. The number of hydrogen-bond acceptors (Lipinski definition) is 3. The van der Waals surface area contributed by atoms with Crippen molar-refractivity contribution in [2.45, 2.75) is 37.8 Å². The number of likely N-dealkylation sites (N-methyl/N-ethyl adjacent to an activating group) is 1. The molecule has 15 heavy (non-hydrogen) atoms. The van der Waals surface area contributed by atoms with Gasteiger partial charge < -0.3 is 10.6 Å². The molecule has 4 nitrogen and oxygen atoms in total. The zero-order valence-corrected chi connectivity index (χ0v) is 9.46. The van der Waals surface area contributed by atoms with Crippen LogP contribution in [0.3, 0.4) is 0 Å². The van der Waals surface area contributed by atoms with Crippen molar-refractivity contribution in [3.63, 3.8) is 0 Å². The number of likely N-dealkylation sites (tertiary alicyclic amines) is 1. The molecule has 2 unspecified atom stereocenters. The third-order valence-electron chi connectivity index (χ3n) is 3.57. The quantitative estimate of drug-likeness (QED) is 0.673.